The molecule has 0 amide bonds. The molecule has 0 radical (unpaired) electrons. The van der Waals surface area contributed by atoms with Crippen molar-refractivity contribution in [2.24, 2.45) is 0 Å². The molecule has 0 aliphatic carbocycles. The van der Waals surface area contributed by atoms with Crippen LogP contribution in [-0.2, 0) is 0 Å². The number of ether oxygens (including phenoxy) is 1. The largest absolute Gasteiger partial charge is 0.457 e. The molecule has 234 valence electrons. The van der Waals surface area contributed by atoms with Gasteiger partial charge in [0.1, 0.15) is 17.3 Å². The van der Waals surface area contributed by atoms with Gasteiger partial charge in [-0.25, -0.2) is 9.67 Å². The fourth-order valence-corrected chi connectivity index (χ4v) is 7.15. The Labute approximate surface area is 275 Å². The molecule has 0 unspecified atom stereocenters. The van der Waals surface area contributed by atoms with Crippen LogP contribution in [0.15, 0.2) is 110 Å². The van der Waals surface area contributed by atoms with Crippen LogP contribution in [0, 0.1) is 13.8 Å². The van der Waals surface area contributed by atoms with Crippen LogP contribution in [-0.4, -0.2) is 32.4 Å². The highest BCUT2D eigenvalue weighted by molar-refractivity contribution is 6.09. The lowest BCUT2D eigenvalue weighted by Crippen LogP contribution is -2.17. The SMILES string of the molecule is Cc1cc(N2CCCC2)cc(C)c1-c1cnn(-c2cccc(Oc3ccc4c5ccccc5n(-c5cc(C(C)C)ccn5)c4c3)c2)c1. The zero-order valence-electron chi connectivity index (χ0n) is 27.4. The average molecular weight is 618 g/mol. The van der Waals surface area contributed by atoms with Crippen molar-refractivity contribution in [1.29, 1.82) is 0 Å². The van der Waals surface area contributed by atoms with Gasteiger partial charge in [-0.3, -0.25) is 4.57 Å². The summed E-state index contributed by atoms with van der Waals surface area (Å²) in [5, 5.41) is 7.12. The summed E-state index contributed by atoms with van der Waals surface area (Å²) < 4.78 is 10.7. The van der Waals surface area contributed by atoms with Crippen molar-refractivity contribution in [3.05, 3.63) is 126 Å². The molecule has 1 fully saturated rings. The van der Waals surface area contributed by atoms with Crippen LogP contribution < -0.4 is 9.64 Å². The predicted octanol–water partition coefficient (Wildman–Crippen LogP) is 10.2. The molecule has 1 aliphatic rings. The van der Waals surface area contributed by atoms with Crippen LogP contribution in [0.2, 0.25) is 0 Å². The first-order chi connectivity index (χ1) is 22.9. The molecule has 0 atom stereocenters. The van der Waals surface area contributed by atoms with Crippen LogP contribution in [0.1, 0.15) is 49.3 Å². The number of hydrogen-bond donors (Lipinski definition) is 0. The van der Waals surface area contributed by atoms with Gasteiger partial charge in [0.15, 0.2) is 0 Å². The number of aromatic nitrogens is 4. The number of nitrogens with zero attached hydrogens (tertiary/aromatic N) is 5. The van der Waals surface area contributed by atoms with Gasteiger partial charge in [-0.15, -0.1) is 0 Å². The summed E-state index contributed by atoms with van der Waals surface area (Å²) in [6, 6.07) is 31.9. The zero-order valence-corrected chi connectivity index (χ0v) is 27.4. The summed E-state index contributed by atoms with van der Waals surface area (Å²) in [5.74, 6) is 2.84. The smallest absolute Gasteiger partial charge is 0.137 e. The quantitative estimate of drug-likeness (QED) is 0.179. The molecule has 4 aromatic carbocycles. The lowest BCUT2D eigenvalue weighted by Gasteiger charge is -2.20. The first-order valence-corrected chi connectivity index (χ1v) is 16.6. The molecule has 7 aromatic rings. The van der Waals surface area contributed by atoms with Crippen molar-refractivity contribution < 1.29 is 4.74 Å². The Balaban J connectivity index is 1.11. The molecule has 0 N–H and O–H groups in total. The molecule has 0 bridgehead atoms. The Hall–Kier alpha value is -5.36. The standard InChI is InChI=1S/C41H39N5O/c1-27(2)30-16-17-42-40(22-30)46-38-13-6-5-12-36(38)37-15-14-35(24-39(37)46)47-34-11-9-10-32(23-34)45-26-31(25-43-45)41-28(3)20-33(21-29(41)4)44-18-7-8-19-44/h5-6,9-17,20-27H,7-8,18-19H2,1-4H3. The van der Waals surface area contributed by atoms with Gasteiger partial charge in [0.25, 0.3) is 0 Å². The summed E-state index contributed by atoms with van der Waals surface area (Å²) in [4.78, 5) is 7.29. The number of benzene rings is 4. The highest BCUT2D eigenvalue weighted by atomic mass is 16.5. The van der Waals surface area contributed by atoms with Gasteiger partial charge in [-0.2, -0.15) is 5.10 Å². The lowest BCUT2D eigenvalue weighted by atomic mass is 9.97. The van der Waals surface area contributed by atoms with Crippen LogP contribution >= 0.6 is 0 Å². The van der Waals surface area contributed by atoms with Crippen LogP contribution in [0.4, 0.5) is 5.69 Å². The maximum Gasteiger partial charge on any atom is 0.137 e. The van der Waals surface area contributed by atoms with E-state index in [1.54, 1.807) is 0 Å². The van der Waals surface area contributed by atoms with Crippen LogP contribution in [0.25, 0.3) is 44.4 Å². The number of para-hydroxylation sites is 1. The molecular weight excluding hydrogens is 578 g/mol. The summed E-state index contributed by atoms with van der Waals surface area (Å²) in [6.45, 7) is 11.1. The predicted molar refractivity (Wildman–Crippen MR) is 193 cm³/mol. The zero-order chi connectivity index (χ0) is 32.1. The second kappa shape index (κ2) is 11.8. The molecule has 0 saturated carbocycles. The number of rotatable bonds is 7. The number of anilines is 1. The highest BCUT2D eigenvalue weighted by Crippen LogP contribution is 2.36. The molecule has 4 heterocycles. The number of aryl methyl sites for hydroxylation is 2. The van der Waals surface area contributed by atoms with Crippen LogP contribution in [0.3, 0.4) is 0 Å². The van der Waals surface area contributed by atoms with E-state index >= 15 is 0 Å². The van der Waals surface area contributed by atoms with Gasteiger partial charge in [-0.05, 0) is 109 Å². The Bertz CT molecular complexity index is 2230. The van der Waals surface area contributed by atoms with E-state index in [4.69, 9.17) is 14.8 Å². The second-order valence-electron chi connectivity index (χ2n) is 13.1. The minimum Gasteiger partial charge on any atom is -0.457 e. The fraction of sp³-hybridized carbons (Fsp3) is 0.220. The van der Waals surface area contributed by atoms with Crippen molar-refractivity contribution in [3.63, 3.8) is 0 Å². The van der Waals surface area contributed by atoms with Gasteiger partial charge in [0.05, 0.1) is 22.9 Å². The van der Waals surface area contributed by atoms with Gasteiger partial charge in [0, 0.05) is 59.6 Å². The van der Waals surface area contributed by atoms with E-state index in [1.807, 2.05) is 41.3 Å². The Morgan fingerprint density at radius 1 is 0.723 bits per heavy atom. The van der Waals surface area contributed by atoms with Crippen molar-refractivity contribution in [2.45, 2.75) is 46.5 Å². The van der Waals surface area contributed by atoms with E-state index in [9.17, 15) is 0 Å². The van der Waals surface area contributed by atoms with Gasteiger partial charge >= 0.3 is 0 Å². The molecule has 6 heteroatoms. The molecule has 47 heavy (non-hydrogen) atoms. The average Bonchev–Trinajstić information content (AvgIpc) is 3.85. The van der Waals surface area contributed by atoms with Gasteiger partial charge < -0.3 is 9.64 Å². The number of pyridine rings is 1. The third-order valence-electron chi connectivity index (χ3n) is 9.49. The fourth-order valence-electron chi connectivity index (χ4n) is 7.15. The monoisotopic (exact) mass is 617 g/mol. The van der Waals surface area contributed by atoms with Crippen molar-refractivity contribution >= 4 is 27.5 Å². The Morgan fingerprint density at radius 2 is 1.49 bits per heavy atom. The second-order valence-corrected chi connectivity index (χ2v) is 13.1. The van der Waals surface area contributed by atoms with E-state index in [-0.39, 0.29) is 0 Å². The third-order valence-corrected chi connectivity index (χ3v) is 9.49. The topological polar surface area (TPSA) is 48.1 Å². The summed E-state index contributed by atoms with van der Waals surface area (Å²) in [6.07, 6.45) is 8.54. The third kappa shape index (κ3) is 5.34. The van der Waals surface area contributed by atoms with Gasteiger partial charge in [0.2, 0.25) is 0 Å². The maximum absolute atomic E-state index is 6.51. The summed E-state index contributed by atoms with van der Waals surface area (Å²) in [7, 11) is 0. The highest BCUT2D eigenvalue weighted by Gasteiger charge is 2.18. The van der Waals surface area contributed by atoms with E-state index in [2.05, 4.69) is 110 Å². The van der Waals surface area contributed by atoms with Crippen molar-refractivity contribution in [2.75, 3.05) is 18.0 Å². The van der Waals surface area contributed by atoms with Crippen molar-refractivity contribution in [3.8, 4) is 34.1 Å². The molecule has 6 nitrogen and oxygen atoms in total. The van der Waals surface area contributed by atoms with E-state index in [0.29, 0.717) is 5.92 Å². The molecule has 8 rings (SSSR count). The Morgan fingerprint density at radius 3 is 2.30 bits per heavy atom. The maximum atomic E-state index is 6.51. The lowest BCUT2D eigenvalue weighted by molar-refractivity contribution is 0.483. The first kappa shape index (κ1) is 29.1. The Kier molecular flexibility index (Phi) is 7.28. The molecule has 0 spiro atoms. The minimum absolute atomic E-state index is 0.412. The molecule has 1 saturated heterocycles. The van der Waals surface area contributed by atoms with E-state index in [1.165, 1.54) is 51.6 Å². The minimum atomic E-state index is 0.412. The molecule has 3 aromatic heterocycles. The summed E-state index contributed by atoms with van der Waals surface area (Å²) in [5.41, 5.74) is 10.7. The van der Waals surface area contributed by atoms with E-state index < -0.39 is 0 Å². The first-order valence-electron chi connectivity index (χ1n) is 16.6. The molecule has 1 aliphatic heterocycles. The normalized spacial score (nSPS) is 13.3. The van der Waals surface area contributed by atoms with Gasteiger partial charge in [-0.1, -0.05) is 38.1 Å². The van der Waals surface area contributed by atoms with Crippen LogP contribution in [0.5, 0.6) is 11.5 Å². The van der Waals surface area contributed by atoms with E-state index in [0.717, 1.165) is 52.7 Å². The molecular formula is C41H39N5O. The number of hydrogen-bond acceptors (Lipinski definition) is 4. The van der Waals surface area contributed by atoms with Crippen molar-refractivity contribution in [1.82, 2.24) is 19.3 Å². The number of fused-ring (bicyclic) bond motifs is 3. The summed E-state index contributed by atoms with van der Waals surface area (Å²) >= 11 is 0.